The molecule has 6 heteroatoms. The largest absolute Gasteiger partial charge is 0.441 e. The number of aromatic nitrogens is 2. The van der Waals surface area contributed by atoms with E-state index >= 15 is 0 Å². The van der Waals surface area contributed by atoms with E-state index in [1.807, 2.05) is 0 Å². The number of nitrogens with one attached hydrogen (secondary N) is 1. The summed E-state index contributed by atoms with van der Waals surface area (Å²) in [5.41, 5.74) is 2.18. The Bertz CT molecular complexity index is 781. The number of fused-ring (bicyclic) bond motifs is 1. The van der Waals surface area contributed by atoms with Gasteiger partial charge in [0, 0.05) is 18.8 Å². The van der Waals surface area contributed by atoms with Crippen molar-refractivity contribution in [3.8, 4) is 0 Å². The summed E-state index contributed by atoms with van der Waals surface area (Å²) >= 11 is 0. The molecule has 0 bridgehead atoms. The highest BCUT2D eigenvalue weighted by Crippen LogP contribution is 2.20. The number of amides is 1. The number of halogens is 1. The topological polar surface area (TPSA) is 68.0 Å². The first kappa shape index (κ1) is 12.3. The van der Waals surface area contributed by atoms with Crippen LogP contribution in [0.5, 0.6) is 0 Å². The normalized spacial score (nSPS) is 10.7. The maximum absolute atomic E-state index is 12.7. The van der Waals surface area contributed by atoms with Crippen LogP contribution in [-0.4, -0.2) is 15.9 Å². The molecule has 0 aliphatic heterocycles. The van der Waals surface area contributed by atoms with E-state index in [4.69, 9.17) is 4.42 Å². The number of hydrogen-bond donors (Lipinski definition) is 1. The number of pyridine rings is 1. The number of anilines is 1. The first-order valence-electron chi connectivity index (χ1n) is 5.92. The van der Waals surface area contributed by atoms with Crippen molar-refractivity contribution in [3.05, 3.63) is 53.9 Å². The highest BCUT2D eigenvalue weighted by atomic mass is 19.1. The minimum atomic E-state index is -0.624. The van der Waals surface area contributed by atoms with Gasteiger partial charge in [0.25, 0.3) is 5.91 Å². The molecule has 0 spiro atoms. The Morgan fingerprint density at radius 1 is 1.30 bits per heavy atom. The zero-order valence-electron chi connectivity index (χ0n) is 10.6. The van der Waals surface area contributed by atoms with Gasteiger partial charge in [0.05, 0.1) is 5.56 Å². The average Bonchev–Trinajstić information content (AvgIpc) is 2.78. The van der Waals surface area contributed by atoms with E-state index in [9.17, 15) is 9.18 Å². The van der Waals surface area contributed by atoms with Crippen LogP contribution < -0.4 is 5.32 Å². The minimum Gasteiger partial charge on any atom is -0.441 e. The zero-order valence-corrected chi connectivity index (χ0v) is 10.6. The van der Waals surface area contributed by atoms with E-state index in [0.29, 0.717) is 22.7 Å². The summed E-state index contributed by atoms with van der Waals surface area (Å²) in [6, 6.07) is 7.66. The van der Waals surface area contributed by atoms with Crippen LogP contribution in [0.1, 0.15) is 16.2 Å². The molecule has 1 N–H and O–H groups in total. The third-order valence-corrected chi connectivity index (χ3v) is 2.74. The predicted octanol–water partition coefficient (Wildman–Crippen LogP) is 2.92. The van der Waals surface area contributed by atoms with Gasteiger partial charge in [-0.25, -0.2) is 9.97 Å². The van der Waals surface area contributed by atoms with Crippen LogP contribution in [0.4, 0.5) is 10.1 Å². The van der Waals surface area contributed by atoms with E-state index in [2.05, 4.69) is 15.3 Å². The SMILES string of the molecule is Cc1nc2cc(NC(=O)c3ccc(F)nc3)ccc2o1. The van der Waals surface area contributed by atoms with Gasteiger partial charge in [-0.15, -0.1) is 0 Å². The summed E-state index contributed by atoms with van der Waals surface area (Å²) in [5, 5.41) is 2.70. The fourth-order valence-corrected chi connectivity index (χ4v) is 1.83. The Balaban J connectivity index is 1.84. The number of aryl methyl sites for hydroxylation is 1. The fraction of sp³-hybridized carbons (Fsp3) is 0.0714. The van der Waals surface area contributed by atoms with Crippen LogP contribution in [0, 0.1) is 12.9 Å². The summed E-state index contributed by atoms with van der Waals surface area (Å²) < 4.78 is 18.0. The zero-order chi connectivity index (χ0) is 14.1. The molecular formula is C14H10FN3O2. The third kappa shape index (κ3) is 2.35. The van der Waals surface area contributed by atoms with Crippen molar-refractivity contribution >= 4 is 22.7 Å². The number of hydrogen-bond acceptors (Lipinski definition) is 4. The summed E-state index contributed by atoms with van der Waals surface area (Å²) in [6.07, 6.45) is 1.18. The van der Waals surface area contributed by atoms with Gasteiger partial charge in [0.2, 0.25) is 5.95 Å². The molecule has 0 saturated heterocycles. The average molecular weight is 271 g/mol. The Kier molecular flexibility index (Phi) is 2.90. The van der Waals surface area contributed by atoms with Gasteiger partial charge in [-0.05, 0) is 30.3 Å². The molecule has 5 nitrogen and oxygen atoms in total. The van der Waals surface area contributed by atoms with Gasteiger partial charge in [-0.2, -0.15) is 4.39 Å². The molecule has 2 heterocycles. The van der Waals surface area contributed by atoms with Crippen LogP contribution in [0.15, 0.2) is 40.9 Å². The molecule has 0 radical (unpaired) electrons. The third-order valence-electron chi connectivity index (χ3n) is 2.74. The summed E-state index contributed by atoms with van der Waals surface area (Å²) in [4.78, 5) is 19.6. The maximum Gasteiger partial charge on any atom is 0.257 e. The number of rotatable bonds is 2. The Hall–Kier alpha value is -2.76. The first-order chi connectivity index (χ1) is 9.61. The number of benzene rings is 1. The minimum absolute atomic E-state index is 0.280. The van der Waals surface area contributed by atoms with Crippen molar-refractivity contribution in [3.63, 3.8) is 0 Å². The van der Waals surface area contributed by atoms with Crippen LogP contribution in [0.2, 0.25) is 0 Å². The standard InChI is InChI=1S/C14H10FN3O2/c1-8-17-11-6-10(3-4-12(11)20-8)18-14(19)9-2-5-13(15)16-7-9/h2-7H,1H3,(H,18,19). The molecule has 3 aromatic rings. The van der Waals surface area contributed by atoms with Gasteiger partial charge >= 0.3 is 0 Å². The van der Waals surface area contributed by atoms with Crippen LogP contribution in [-0.2, 0) is 0 Å². The lowest BCUT2D eigenvalue weighted by Crippen LogP contribution is -2.12. The number of carbonyl (C=O) groups excluding carboxylic acids is 1. The first-order valence-corrected chi connectivity index (χ1v) is 5.92. The molecule has 0 saturated carbocycles. The summed E-state index contributed by atoms with van der Waals surface area (Å²) in [7, 11) is 0. The van der Waals surface area contributed by atoms with Crippen molar-refractivity contribution in [1.29, 1.82) is 0 Å². The highest BCUT2D eigenvalue weighted by molar-refractivity contribution is 6.04. The molecule has 3 rings (SSSR count). The second-order valence-electron chi connectivity index (χ2n) is 4.24. The molecule has 0 fully saturated rings. The van der Waals surface area contributed by atoms with E-state index in [0.717, 1.165) is 6.07 Å². The lowest BCUT2D eigenvalue weighted by Gasteiger charge is -2.04. The van der Waals surface area contributed by atoms with E-state index < -0.39 is 5.95 Å². The van der Waals surface area contributed by atoms with E-state index in [1.165, 1.54) is 12.3 Å². The van der Waals surface area contributed by atoms with Crippen molar-refractivity contribution < 1.29 is 13.6 Å². The second-order valence-corrected chi connectivity index (χ2v) is 4.24. The Labute approximate surface area is 113 Å². The quantitative estimate of drug-likeness (QED) is 0.728. The molecule has 100 valence electrons. The van der Waals surface area contributed by atoms with Crippen molar-refractivity contribution in [2.75, 3.05) is 5.32 Å². The molecule has 20 heavy (non-hydrogen) atoms. The van der Waals surface area contributed by atoms with Crippen LogP contribution in [0.3, 0.4) is 0 Å². The maximum atomic E-state index is 12.7. The molecule has 0 aliphatic carbocycles. The van der Waals surface area contributed by atoms with Gasteiger partial charge in [-0.1, -0.05) is 0 Å². The van der Waals surface area contributed by atoms with Gasteiger partial charge in [0.15, 0.2) is 11.5 Å². The summed E-state index contributed by atoms with van der Waals surface area (Å²) in [5.74, 6) is -0.427. The number of oxazole rings is 1. The second kappa shape index (κ2) is 4.73. The molecule has 0 unspecified atom stereocenters. The van der Waals surface area contributed by atoms with Gasteiger partial charge < -0.3 is 9.73 Å². The van der Waals surface area contributed by atoms with Crippen molar-refractivity contribution in [1.82, 2.24) is 9.97 Å². The number of carbonyl (C=O) groups is 1. The lowest BCUT2D eigenvalue weighted by molar-refractivity contribution is 0.102. The monoisotopic (exact) mass is 271 g/mol. The molecule has 1 amide bonds. The van der Waals surface area contributed by atoms with Crippen LogP contribution >= 0.6 is 0 Å². The highest BCUT2D eigenvalue weighted by Gasteiger charge is 2.09. The molecule has 2 aromatic heterocycles. The smallest absolute Gasteiger partial charge is 0.257 e. The molecule has 0 aliphatic rings. The van der Waals surface area contributed by atoms with E-state index in [1.54, 1.807) is 25.1 Å². The Morgan fingerprint density at radius 3 is 2.90 bits per heavy atom. The molecular weight excluding hydrogens is 261 g/mol. The van der Waals surface area contributed by atoms with Crippen LogP contribution in [0.25, 0.3) is 11.1 Å². The van der Waals surface area contributed by atoms with E-state index in [-0.39, 0.29) is 11.5 Å². The van der Waals surface area contributed by atoms with Crippen molar-refractivity contribution in [2.24, 2.45) is 0 Å². The number of nitrogens with zero attached hydrogens (tertiary/aromatic N) is 2. The van der Waals surface area contributed by atoms with Crippen molar-refractivity contribution in [2.45, 2.75) is 6.92 Å². The molecule has 0 atom stereocenters. The Morgan fingerprint density at radius 2 is 2.15 bits per heavy atom. The van der Waals surface area contributed by atoms with Gasteiger partial charge in [-0.3, -0.25) is 4.79 Å². The molecule has 1 aromatic carbocycles. The predicted molar refractivity (Wildman–Crippen MR) is 70.9 cm³/mol. The fourth-order valence-electron chi connectivity index (χ4n) is 1.83. The summed E-state index contributed by atoms with van der Waals surface area (Å²) in [6.45, 7) is 1.75. The van der Waals surface area contributed by atoms with Gasteiger partial charge in [0.1, 0.15) is 5.52 Å². The lowest BCUT2D eigenvalue weighted by atomic mass is 10.2.